The fraction of sp³-hybridized carbons (Fsp3) is 0.0476. The molecule has 0 bridgehead atoms. The molecule has 0 fully saturated rings. The molecule has 0 radical (unpaired) electrons. The van der Waals surface area contributed by atoms with Crippen LogP contribution in [0.5, 0.6) is 23.3 Å². The normalized spacial score (nSPS) is 10.7. The van der Waals surface area contributed by atoms with Gasteiger partial charge in [0.05, 0.1) is 25.0 Å². The Morgan fingerprint density at radius 3 is 2.31 bits per heavy atom. The summed E-state index contributed by atoms with van der Waals surface area (Å²) >= 11 is 0. The molecule has 0 aliphatic carbocycles. The quantitative estimate of drug-likeness (QED) is 0.476. The summed E-state index contributed by atoms with van der Waals surface area (Å²) in [5, 5.41) is 18.6. The molecule has 144 valence electrons. The van der Waals surface area contributed by atoms with Crippen LogP contribution in [0.1, 0.15) is 11.1 Å². The Morgan fingerprint density at radius 2 is 1.66 bits per heavy atom. The fourth-order valence-corrected chi connectivity index (χ4v) is 2.43. The molecule has 2 aromatic carbocycles. The van der Waals surface area contributed by atoms with Crippen LogP contribution in [-0.4, -0.2) is 28.2 Å². The maximum atomic E-state index is 11.5. The van der Waals surface area contributed by atoms with Crippen molar-refractivity contribution in [2.75, 3.05) is 7.11 Å². The maximum Gasteiger partial charge on any atom is 0.339 e. The van der Waals surface area contributed by atoms with Gasteiger partial charge in [0.25, 0.3) is 0 Å². The van der Waals surface area contributed by atoms with E-state index in [9.17, 15) is 9.90 Å². The molecule has 29 heavy (non-hydrogen) atoms. The number of carboxylic acid groups (broad SMARTS) is 1. The predicted octanol–water partition coefficient (Wildman–Crippen LogP) is 4.00. The molecule has 8 heteroatoms. The van der Waals surface area contributed by atoms with Gasteiger partial charge in [-0.2, -0.15) is 5.26 Å². The summed E-state index contributed by atoms with van der Waals surface area (Å²) in [5.41, 5.74) is 0.601. The average molecular weight is 389 g/mol. The highest BCUT2D eigenvalue weighted by atomic mass is 16.5. The summed E-state index contributed by atoms with van der Waals surface area (Å²) in [6, 6.07) is 16.8. The monoisotopic (exact) mass is 389 g/mol. The minimum absolute atomic E-state index is 0.0726. The molecule has 0 unspecified atom stereocenters. The van der Waals surface area contributed by atoms with Crippen LogP contribution in [-0.2, 0) is 9.53 Å². The molecule has 1 heterocycles. The molecule has 0 spiro atoms. The van der Waals surface area contributed by atoms with E-state index < -0.39 is 5.97 Å². The molecule has 1 aromatic heterocycles. The third-order valence-electron chi connectivity index (χ3n) is 3.70. The zero-order chi connectivity index (χ0) is 20.6. The second-order valence-electron chi connectivity index (χ2n) is 5.58. The number of carbonyl (C=O) groups is 1. The Labute approximate surface area is 166 Å². The fourth-order valence-electron chi connectivity index (χ4n) is 2.43. The summed E-state index contributed by atoms with van der Waals surface area (Å²) < 4.78 is 16.3. The number of ether oxygens (including phenoxy) is 3. The topological polar surface area (TPSA) is 115 Å². The number of benzene rings is 2. The number of methoxy groups -OCH3 is 1. The summed E-state index contributed by atoms with van der Waals surface area (Å²) in [5.74, 6) is -0.251. The molecular weight excluding hydrogens is 374 g/mol. The third-order valence-corrected chi connectivity index (χ3v) is 3.70. The minimum Gasteiger partial charge on any atom is -0.503 e. The summed E-state index contributed by atoms with van der Waals surface area (Å²) in [6.07, 6.45) is 2.36. The molecule has 3 aromatic rings. The van der Waals surface area contributed by atoms with Gasteiger partial charge in [-0.1, -0.05) is 30.3 Å². The Balaban J connectivity index is 1.89. The highest BCUT2D eigenvalue weighted by Gasteiger charge is 2.17. The number of nitrogens with zero attached hydrogens (tertiary/aromatic N) is 3. The number of aromatic nitrogens is 2. The lowest BCUT2D eigenvalue weighted by Crippen LogP contribution is -2.02. The number of hydrogen-bond acceptors (Lipinski definition) is 7. The van der Waals surface area contributed by atoms with Gasteiger partial charge in [-0.05, 0) is 18.2 Å². The van der Waals surface area contributed by atoms with Crippen LogP contribution in [0, 0.1) is 11.3 Å². The molecule has 0 aliphatic rings. The Morgan fingerprint density at radius 1 is 1.03 bits per heavy atom. The Hall–Kier alpha value is -4.38. The van der Waals surface area contributed by atoms with Crippen LogP contribution >= 0.6 is 0 Å². The van der Waals surface area contributed by atoms with E-state index in [1.54, 1.807) is 48.5 Å². The van der Waals surface area contributed by atoms with Crippen LogP contribution in [0.15, 0.2) is 67.2 Å². The van der Waals surface area contributed by atoms with Crippen molar-refractivity contribution < 1.29 is 24.1 Å². The summed E-state index contributed by atoms with van der Waals surface area (Å²) in [4.78, 5) is 19.6. The average Bonchev–Trinajstić information content (AvgIpc) is 2.73. The lowest BCUT2D eigenvalue weighted by molar-refractivity contribution is -0.130. The van der Waals surface area contributed by atoms with Crippen LogP contribution < -0.4 is 9.47 Å². The zero-order valence-electron chi connectivity index (χ0n) is 15.3. The second-order valence-corrected chi connectivity index (χ2v) is 5.58. The van der Waals surface area contributed by atoms with Crippen molar-refractivity contribution >= 4 is 11.5 Å². The molecule has 0 saturated carbocycles. The van der Waals surface area contributed by atoms with Gasteiger partial charge in [0.2, 0.25) is 11.8 Å². The van der Waals surface area contributed by atoms with Crippen molar-refractivity contribution in [1.82, 2.24) is 9.97 Å². The molecule has 3 rings (SSSR count). The van der Waals surface area contributed by atoms with Crippen molar-refractivity contribution in [3.05, 3.63) is 78.3 Å². The van der Waals surface area contributed by atoms with E-state index in [4.69, 9.17) is 19.5 Å². The molecule has 0 aliphatic heterocycles. The van der Waals surface area contributed by atoms with Crippen LogP contribution in [0.25, 0.3) is 5.57 Å². The minimum atomic E-state index is -1.16. The number of para-hydroxylation sites is 2. The van der Waals surface area contributed by atoms with E-state index >= 15 is 0 Å². The molecule has 0 atom stereocenters. The van der Waals surface area contributed by atoms with Crippen LogP contribution in [0.3, 0.4) is 0 Å². The standard InChI is InChI=1S/C21H15N3O5/c1-27-12-16(21(25)26)15-7-3-5-9-18(15)29-20-10-19(23-13-24-20)28-17-8-4-2-6-14(17)11-22/h2-10,12-13H,1H3,(H,25,26)/b16-12+. The zero-order valence-corrected chi connectivity index (χ0v) is 15.3. The van der Waals surface area contributed by atoms with Gasteiger partial charge < -0.3 is 19.3 Å². The van der Waals surface area contributed by atoms with E-state index in [0.29, 0.717) is 16.9 Å². The molecule has 0 saturated heterocycles. The second kappa shape index (κ2) is 9.01. The summed E-state index contributed by atoms with van der Waals surface area (Å²) in [7, 11) is 1.36. The third kappa shape index (κ3) is 4.67. The van der Waals surface area contributed by atoms with Crippen molar-refractivity contribution in [3.8, 4) is 29.3 Å². The van der Waals surface area contributed by atoms with Gasteiger partial charge in [-0.25, -0.2) is 14.8 Å². The van der Waals surface area contributed by atoms with Crippen LogP contribution in [0.4, 0.5) is 0 Å². The van der Waals surface area contributed by atoms with Gasteiger partial charge in [-0.3, -0.25) is 0 Å². The Bertz CT molecular complexity index is 1110. The van der Waals surface area contributed by atoms with Gasteiger partial charge in [0.15, 0.2) is 0 Å². The first kappa shape index (κ1) is 19.4. The van der Waals surface area contributed by atoms with Gasteiger partial charge >= 0.3 is 5.97 Å². The number of nitriles is 1. The Kier molecular flexibility index (Phi) is 6.02. The lowest BCUT2D eigenvalue weighted by atomic mass is 10.1. The van der Waals surface area contributed by atoms with E-state index in [1.807, 2.05) is 6.07 Å². The number of carboxylic acids is 1. The summed E-state index contributed by atoms with van der Waals surface area (Å²) in [6.45, 7) is 0. The lowest BCUT2D eigenvalue weighted by Gasteiger charge is -2.12. The van der Waals surface area contributed by atoms with E-state index in [1.165, 1.54) is 19.5 Å². The van der Waals surface area contributed by atoms with Gasteiger partial charge in [0, 0.05) is 5.56 Å². The first-order valence-electron chi connectivity index (χ1n) is 8.35. The van der Waals surface area contributed by atoms with Crippen molar-refractivity contribution in [1.29, 1.82) is 5.26 Å². The maximum absolute atomic E-state index is 11.5. The van der Waals surface area contributed by atoms with Crippen molar-refractivity contribution in [2.45, 2.75) is 0 Å². The highest BCUT2D eigenvalue weighted by Crippen LogP contribution is 2.31. The number of hydrogen-bond donors (Lipinski definition) is 1. The van der Waals surface area contributed by atoms with E-state index in [-0.39, 0.29) is 23.1 Å². The van der Waals surface area contributed by atoms with E-state index in [0.717, 1.165) is 6.26 Å². The number of aliphatic carboxylic acids is 1. The number of rotatable bonds is 7. The van der Waals surface area contributed by atoms with Crippen LogP contribution in [0.2, 0.25) is 0 Å². The predicted molar refractivity (Wildman–Crippen MR) is 102 cm³/mol. The van der Waals surface area contributed by atoms with Gasteiger partial charge in [-0.15, -0.1) is 0 Å². The molecule has 0 amide bonds. The molecule has 1 N–H and O–H groups in total. The largest absolute Gasteiger partial charge is 0.503 e. The SMILES string of the molecule is CO/C=C(/C(=O)O)c1ccccc1Oc1cc(Oc2ccccc2C#N)ncn1. The first-order chi connectivity index (χ1) is 14.1. The molecule has 8 nitrogen and oxygen atoms in total. The highest BCUT2D eigenvalue weighted by molar-refractivity contribution is 6.15. The molecular formula is C21H15N3O5. The van der Waals surface area contributed by atoms with Crippen molar-refractivity contribution in [2.24, 2.45) is 0 Å². The van der Waals surface area contributed by atoms with E-state index in [2.05, 4.69) is 9.97 Å². The van der Waals surface area contributed by atoms with Gasteiger partial charge in [0.1, 0.15) is 29.5 Å². The first-order valence-corrected chi connectivity index (χ1v) is 8.35. The smallest absolute Gasteiger partial charge is 0.339 e. The van der Waals surface area contributed by atoms with Crippen molar-refractivity contribution in [3.63, 3.8) is 0 Å².